The van der Waals surface area contributed by atoms with Crippen LogP contribution >= 0.6 is 0 Å². The molecule has 0 bridgehead atoms. The molecule has 2 aliphatic rings. The maximum Gasteiger partial charge on any atom is 0.257 e. The number of nitrogens with zero attached hydrogens (tertiary/aromatic N) is 6. The molecule has 0 aliphatic carbocycles. The van der Waals surface area contributed by atoms with E-state index in [4.69, 9.17) is 4.98 Å². The number of hydrogen-bond donors (Lipinski definition) is 0. The summed E-state index contributed by atoms with van der Waals surface area (Å²) in [6, 6.07) is 0.262. The number of aromatic nitrogens is 4. The summed E-state index contributed by atoms with van der Waals surface area (Å²) in [5.74, 6) is 1.38. The van der Waals surface area contributed by atoms with Crippen molar-refractivity contribution in [3.8, 4) is 0 Å². The second-order valence-corrected chi connectivity index (χ2v) is 8.06. The van der Waals surface area contributed by atoms with Crippen LogP contribution in [-0.4, -0.2) is 62.1 Å². The van der Waals surface area contributed by atoms with Crippen LogP contribution in [0.15, 0.2) is 18.6 Å². The number of rotatable bonds is 3. The first-order valence-corrected chi connectivity index (χ1v) is 9.88. The zero-order valence-electron chi connectivity index (χ0n) is 16.4. The van der Waals surface area contributed by atoms with Gasteiger partial charge in [-0.25, -0.2) is 9.97 Å². The zero-order chi connectivity index (χ0) is 19.0. The minimum absolute atomic E-state index is 0.0785. The van der Waals surface area contributed by atoms with Gasteiger partial charge in [0, 0.05) is 68.2 Å². The lowest BCUT2D eigenvalue weighted by molar-refractivity contribution is 0.0711. The van der Waals surface area contributed by atoms with Gasteiger partial charge in [0.15, 0.2) is 0 Å². The van der Waals surface area contributed by atoms with Crippen LogP contribution in [-0.2, 0) is 13.0 Å². The van der Waals surface area contributed by atoms with E-state index in [1.807, 2.05) is 22.0 Å². The Hall–Kier alpha value is -2.28. The van der Waals surface area contributed by atoms with Gasteiger partial charge >= 0.3 is 0 Å². The Balaban J connectivity index is 1.39. The minimum atomic E-state index is 0.0785. The second kappa shape index (κ2) is 7.38. The summed E-state index contributed by atoms with van der Waals surface area (Å²) >= 11 is 0. The molecule has 2 aromatic rings. The SMILES string of the molecule is CC(C)n1cc(C(=O)N2CCC(c3ncc4c(n3)CCN(C)C4)CC2)cn1. The molecule has 2 aliphatic heterocycles. The molecule has 2 aromatic heterocycles. The Morgan fingerprint density at radius 2 is 1.96 bits per heavy atom. The van der Waals surface area contributed by atoms with Crippen LogP contribution in [0.3, 0.4) is 0 Å². The van der Waals surface area contributed by atoms with Crippen LogP contribution < -0.4 is 0 Å². The quantitative estimate of drug-likeness (QED) is 0.831. The van der Waals surface area contributed by atoms with Crippen LogP contribution in [0.5, 0.6) is 0 Å². The molecule has 1 amide bonds. The van der Waals surface area contributed by atoms with E-state index in [2.05, 4.69) is 35.9 Å². The number of carbonyl (C=O) groups excluding carboxylic acids is 1. The summed E-state index contributed by atoms with van der Waals surface area (Å²) in [4.78, 5) is 26.5. The number of likely N-dealkylation sites (N-methyl/N-ethyl adjacent to an activating group) is 1. The standard InChI is InChI=1S/C20H28N6O/c1-14(2)26-13-17(11-22-26)20(27)25-8-4-15(5-9-25)19-21-10-16-12-24(3)7-6-18(16)23-19/h10-11,13-15H,4-9,12H2,1-3H3. The average Bonchev–Trinajstić information content (AvgIpc) is 3.18. The number of hydrogen-bond acceptors (Lipinski definition) is 5. The van der Waals surface area contributed by atoms with Crippen molar-refractivity contribution in [2.75, 3.05) is 26.7 Å². The summed E-state index contributed by atoms with van der Waals surface area (Å²) in [5, 5.41) is 4.29. The number of carbonyl (C=O) groups is 1. The highest BCUT2D eigenvalue weighted by Gasteiger charge is 2.27. The van der Waals surface area contributed by atoms with Crippen molar-refractivity contribution in [1.29, 1.82) is 0 Å². The maximum absolute atomic E-state index is 12.7. The monoisotopic (exact) mass is 368 g/mol. The molecule has 0 saturated carbocycles. The smallest absolute Gasteiger partial charge is 0.257 e. The lowest BCUT2D eigenvalue weighted by Crippen LogP contribution is -2.38. The lowest BCUT2D eigenvalue weighted by atomic mass is 9.95. The average molecular weight is 368 g/mol. The lowest BCUT2D eigenvalue weighted by Gasteiger charge is -2.31. The van der Waals surface area contributed by atoms with Gasteiger partial charge in [-0.3, -0.25) is 9.48 Å². The fraction of sp³-hybridized carbons (Fsp3) is 0.600. The van der Waals surface area contributed by atoms with Gasteiger partial charge < -0.3 is 9.80 Å². The predicted octanol–water partition coefficient (Wildman–Crippen LogP) is 2.26. The van der Waals surface area contributed by atoms with E-state index in [9.17, 15) is 4.79 Å². The molecule has 1 saturated heterocycles. The third-order valence-electron chi connectivity index (χ3n) is 5.67. The zero-order valence-corrected chi connectivity index (χ0v) is 16.4. The van der Waals surface area contributed by atoms with Crippen molar-refractivity contribution in [3.63, 3.8) is 0 Å². The van der Waals surface area contributed by atoms with Gasteiger partial charge in [0.1, 0.15) is 5.82 Å². The van der Waals surface area contributed by atoms with Gasteiger partial charge in [-0.2, -0.15) is 5.10 Å². The van der Waals surface area contributed by atoms with Gasteiger partial charge in [0.25, 0.3) is 5.91 Å². The molecule has 4 rings (SSSR count). The van der Waals surface area contributed by atoms with Gasteiger partial charge in [-0.15, -0.1) is 0 Å². The molecule has 144 valence electrons. The van der Waals surface area contributed by atoms with Gasteiger partial charge in [0.05, 0.1) is 11.8 Å². The molecular formula is C20H28N6O. The van der Waals surface area contributed by atoms with E-state index >= 15 is 0 Å². The molecule has 7 heteroatoms. The van der Waals surface area contributed by atoms with Crippen LogP contribution in [0, 0.1) is 0 Å². The summed E-state index contributed by atoms with van der Waals surface area (Å²) in [6.45, 7) is 7.61. The van der Waals surface area contributed by atoms with Gasteiger partial charge in [-0.1, -0.05) is 0 Å². The molecule has 27 heavy (non-hydrogen) atoms. The molecule has 0 radical (unpaired) electrons. The Morgan fingerprint density at radius 1 is 1.19 bits per heavy atom. The summed E-state index contributed by atoms with van der Waals surface area (Å²) in [5.41, 5.74) is 3.14. The van der Waals surface area contributed by atoms with Crippen molar-refractivity contribution >= 4 is 5.91 Å². The van der Waals surface area contributed by atoms with Gasteiger partial charge in [-0.05, 0) is 33.7 Å². The molecular weight excluding hydrogens is 340 g/mol. The van der Waals surface area contributed by atoms with Crippen molar-refractivity contribution < 1.29 is 4.79 Å². The fourth-order valence-electron chi connectivity index (χ4n) is 3.92. The molecule has 1 fully saturated rings. The number of likely N-dealkylation sites (tertiary alicyclic amines) is 1. The van der Waals surface area contributed by atoms with Crippen molar-refractivity contribution in [1.82, 2.24) is 29.5 Å². The van der Waals surface area contributed by atoms with Gasteiger partial charge in [0.2, 0.25) is 0 Å². The molecule has 0 spiro atoms. The summed E-state index contributed by atoms with van der Waals surface area (Å²) < 4.78 is 1.83. The van der Waals surface area contributed by atoms with Crippen molar-refractivity contribution in [2.24, 2.45) is 0 Å². The van der Waals surface area contributed by atoms with Crippen LogP contribution in [0.4, 0.5) is 0 Å². The molecule has 0 aromatic carbocycles. The van der Waals surface area contributed by atoms with E-state index in [1.54, 1.807) is 6.20 Å². The largest absolute Gasteiger partial charge is 0.339 e. The van der Waals surface area contributed by atoms with Crippen LogP contribution in [0.1, 0.15) is 66.1 Å². The number of amides is 1. The summed E-state index contributed by atoms with van der Waals surface area (Å²) in [7, 11) is 2.13. The van der Waals surface area contributed by atoms with Crippen LogP contribution in [0.2, 0.25) is 0 Å². The molecule has 0 N–H and O–H groups in total. The van der Waals surface area contributed by atoms with Crippen molar-refractivity contribution in [3.05, 3.63) is 41.2 Å². The topological polar surface area (TPSA) is 67.2 Å². The molecule has 0 unspecified atom stereocenters. The first-order valence-electron chi connectivity index (χ1n) is 9.88. The highest BCUT2D eigenvalue weighted by Crippen LogP contribution is 2.27. The molecule has 0 atom stereocenters. The van der Waals surface area contributed by atoms with E-state index in [1.165, 1.54) is 11.3 Å². The highest BCUT2D eigenvalue weighted by molar-refractivity contribution is 5.93. The minimum Gasteiger partial charge on any atom is -0.339 e. The third-order valence-corrected chi connectivity index (χ3v) is 5.67. The number of fused-ring (bicyclic) bond motifs is 1. The van der Waals surface area contributed by atoms with E-state index < -0.39 is 0 Å². The first-order chi connectivity index (χ1) is 13.0. The molecule has 4 heterocycles. The predicted molar refractivity (Wildman–Crippen MR) is 103 cm³/mol. The maximum atomic E-state index is 12.7. The first kappa shape index (κ1) is 18.1. The van der Waals surface area contributed by atoms with Crippen LogP contribution in [0.25, 0.3) is 0 Å². The Kier molecular flexibility index (Phi) is 4.95. The molecule has 7 nitrogen and oxygen atoms in total. The second-order valence-electron chi connectivity index (χ2n) is 8.06. The van der Waals surface area contributed by atoms with E-state index in [0.29, 0.717) is 11.5 Å². The number of piperidine rings is 1. The fourth-order valence-corrected chi connectivity index (χ4v) is 3.92. The Labute approximate surface area is 160 Å². The normalized spacial score (nSPS) is 18.7. The summed E-state index contributed by atoms with van der Waals surface area (Å²) in [6.07, 6.45) is 8.37. The third kappa shape index (κ3) is 3.74. The van der Waals surface area contributed by atoms with Crippen molar-refractivity contribution in [2.45, 2.75) is 51.6 Å². The van der Waals surface area contributed by atoms with E-state index in [-0.39, 0.29) is 11.9 Å². The highest BCUT2D eigenvalue weighted by atomic mass is 16.2. The Bertz CT molecular complexity index is 822. The van der Waals surface area contributed by atoms with E-state index in [0.717, 1.165) is 51.3 Å². The Morgan fingerprint density at radius 3 is 2.67 bits per heavy atom.